The first kappa shape index (κ1) is 11.7. The molecule has 1 aromatic rings. The molecule has 0 saturated carbocycles. The Morgan fingerprint density at radius 2 is 2.00 bits per heavy atom. The lowest BCUT2D eigenvalue weighted by molar-refractivity contribution is -0.142. The SMILES string of the molecule is COC(=O)CC(C)(CO)c1ccccc1. The zero-order valence-corrected chi connectivity index (χ0v) is 9.06. The van der Waals surface area contributed by atoms with E-state index in [-0.39, 0.29) is 19.0 Å². The molecule has 3 nitrogen and oxygen atoms in total. The molecule has 0 saturated heterocycles. The van der Waals surface area contributed by atoms with E-state index in [1.807, 2.05) is 37.3 Å². The van der Waals surface area contributed by atoms with Gasteiger partial charge in [0.25, 0.3) is 0 Å². The van der Waals surface area contributed by atoms with Gasteiger partial charge < -0.3 is 9.84 Å². The van der Waals surface area contributed by atoms with Crippen molar-refractivity contribution in [2.24, 2.45) is 0 Å². The fourth-order valence-corrected chi connectivity index (χ4v) is 1.48. The second kappa shape index (κ2) is 4.94. The van der Waals surface area contributed by atoms with Crippen molar-refractivity contribution >= 4 is 5.97 Å². The van der Waals surface area contributed by atoms with Crippen LogP contribution in [0.1, 0.15) is 18.9 Å². The highest BCUT2D eigenvalue weighted by molar-refractivity contribution is 5.71. The molecule has 15 heavy (non-hydrogen) atoms. The van der Waals surface area contributed by atoms with Gasteiger partial charge in [-0.2, -0.15) is 0 Å². The van der Waals surface area contributed by atoms with Crippen LogP contribution in [-0.4, -0.2) is 24.8 Å². The molecule has 0 aliphatic heterocycles. The molecule has 0 radical (unpaired) electrons. The van der Waals surface area contributed by atoms with Crippen LogP contribution in [0.4, 0.5) is 0 Å². The molecule has 0 fully saturated rings. The number of hydrogen-bond donors (Lipinski definition) is 1. The van der Waals surface area contributed by atoms with E-state index in [9.17, 15) is 9.90 Å². The van der Waals surface area contributed by atoms with E-state index in [1.165, 1.54) is 7.11 Å². The van der Waals surface area contributed by atoms with Crippen molar-refractivity contribution < 1.29 is 14.6 Å². The molecule has 82 valence electrons. The standard InChI is InChI=1S/C12H16O3/c1-12(9-13,8-11(14)15-2)10-6-4-3-5-7-10/h3-7,13H,8-9H2,1-2H3. The number of carbonyl (C=O) groups is 1. The Bertz CT molecular complexity index is 321. The van der Waals surface area contributed by atoms with E-state index >= 15 is 0 Å². The van der Waals surface area contributed by atoms with Gasteiger partial charge in [-0.15, -0.1) is 0 Å². The summed E-state index contributed by atoms with van der Waals surface area (Å²) >= 11 is 0. The van der Waals surface area contributed by atoms with Gasteiger partial charge >= 0.3 is 5.97 Å². The second-order valence-corrected chi connectivity index (χ2v) is 3.84. The first-order chi connectivity index (χ1) is 7.12. The number of methoxy groups -OCH3 is 1. The monoisotopic (exact) mass is 208 g/mol. The van der Waals surface area contributed by atoms with E-state index in [2.05, 4.69) is 4.74 Å². The molecule has 1 N–H and O–H groups in total. The van der Waals surface area contributed by atoms with Gasteiger partial charge in [0, 0.05) is 5.41 Å². The summed E-state index contributed by atoms with van der Waals surface area (Å²) in [6.07, 6.45) is 0.185. The average molecular weight is 208 g/mol. The lowest BCUT2D eigenvalue weighted by atomic mass is 9.80. The van der Waals surface area contributed by atoms with Crippen LogP contribution >= 0.6 is 0 Å². The summed E-state index contributed by atoms with van der Waals surface area (Å²) in [5.41, 5.74) is 0.381. The van der Waals surface area contributed by atoms with Crippen LogP contribution in [0.3, 0.4) is 0 Å². The first-order valence-corrected chi connectivity index (χ1v) is 4.85. The number of rotatable bonds is 4. The quantitative estimate of drug-likeness (QED) is 0.763. The summed E-state index contributed by atoms with van der Waals surface area (Å²) in [6.45, 7) is 1.77. The minimum atomic E-state index is -0.561. The van der Waals surface area contributed by atoms with Gasteiger partial charge in [0.1, 0.15) is 0 Å². The number of carbonyl (C=O) groups excluding carboxylic acids is 1. The van der Waals surface area contributed by atoms with Crippen LogP contribution < -0.4 is 0 Å². The molecule has 1 aromatic carbocycles. The van der Waals surface area contributed by atoms with Gasteiger partial charge in [0.05, 0.1) is 20.1 Å². The highest BCUT2D eigenvalue weighted by atomic mass is 16.5. The molecular weight excluding hydrogens is 192 g/mol. The summed E-state index contributed by atoms with van der Waals surface area (Å²) in [5.74, 6) is -0.310. The maximum absolute atomic E-state index is 11.2. The predicted octanol–water partition coefficient (Wildman–Crippen LogP) is 1.50. The van der Waals surface area contributed by atoms with E-state index in [0.29, 0.717) is 0 Å². The molecule has 0 amide bonds. The Morgan fingerprint density at radius 1 is 1.40 bits per heavy atom. The summed E-state index contributed by atoms with van der Waals surface area (Å²) in [6, 6.07) is 9.48. The molecule has 0 aromatic heterocycles. The fourth-order valence-electron chi connectivity index (χ4n) is 1.48. The van der Waals surface area contributed by atoms with Crippen LogP contribution in [0, 0.1) is 0 Å². The zero-order valence-electron chi connectivity index (χ0n) is 9.06. The van der Waals surface area contributed by atoms with E-state index in [0.717, 1.165) is 5.56 Å². The van der Waals surface area contributed by atoms with Crippen molar-refractivity contribution in [1.82, 2.24) is 0 Å². The molecule has 1 rings (SSSR count). The van der Waals surface area contributed by atoms with Gasteiger partial charge in [-0.25, -0.2) is 0 Å². The van der Waals surface area contributed by atoms with E-state index < -0.39 is 5.41 Å². The van der Waals surface area contributed by atoms with Crippen LogP contribution in [0.5, 0.6) is 0 Å². The zero-order chi connectivity index (χ0) is 11.3. The van der Waals surface area contributed by atoms with E-state index in [4.69, 9.17) is 0 Å². The van der Waals surface area contributed by atoms with Crippen LogP contribution in [-0.2, 0) is 14.9 Å². The number of ether oxygens (including phenoxy) is 1. The highest BCUT2D eigenvalue weighted by Crippen LogP contribution is 2.27. The molecule has 0 aliphatic carbocycles. The van der Waals surface area contributed by atoms with Gasteiger partial charge in [-0.3, -0.25) is 4.79 Å². The minimum absolute atomic E-state index is 0.0773. The molecule has 0 bridgehead atoms. The molecule has 1 unspecified atom stereocenters. The lowest BCUT2D eigenvalue weighted by Gasteiger charge is -2.26. The van der Waals surface area contributed by atoms with Gasteiger partial charge in [-0.05, 0) is 5.56 Å². The molecule has 1 atom stereocenters. The minimum Gasteiger partial charge on any atom is -0.469 e. The van der Waals surface area contributed by atoms with Crippen molar-refractivity contribution in [3.63, 3.8) is 0 Å². The summed E-state index contributed by atoms with van der Waals surface area (Å²) in [7, 11) is 1.35. The van der Waals surface area contributed by atoms with Crippen LogP contribution in [0.25, 0.3) is 0 Å². The van der Waals surface area contributed by atoms with E-state index in [1.54, 1.807) is 0 Å². The topological polar surface area (TPSA) is 46.5 Å². The molecule has 0 spiro atoms. The van der Waals surface area contributed by atoms with Crippen LogP contribution in [0.2, 0.25) is 0 Å². The Kier molecular flexibility index (Phi) is 3.86. The Balaban J connectivity index is 2.90. The van der Waals surface area contributed by atoms with Crippen molar-refractivity contribution in [2.45, 2.75) is 18.8 Å². The van der Waals surface area contributed by atoms with Crippen molar-refractivity contribution in [2.75, 3.05) is 13.7 Å². The van der Waals surface area contributed by atoms with Gasteiger partial charge in [-0.1, -0.05) is 37.3 Å². The largest absolute Gasteiger partial charge is 0.469 e. The molecule has 0 aliphatic rings. The number of aliphatic hydroxyl groups is 1. The third kappa shape index (κ3) is 2.80. The van der Waals surface area contributed by atoms with Crippen molar-refractivity contribution in [3.8, 4) is 0 Å². The normalized spacial score (nSPS) is 14.3. The Morgan fingerprint density at radius 3 is 2.47 bits per heavy atom. The summed E-state index contributed by atoms with van der Waals surface area (Å²) in [5, 5.41) is 9.38. The van der Waals surface area contributed by atoms with Gasteiger partial charge in [0.15, 0.2) is 0 Å². The Hall–Kier alpha value is -1.35. The fraction of sp³-hybridized carbons (Fsp3) is 0.417. The maximum Gasteiger partial charge on any atom is 0.306 e. The maximum atomic E-state index is 11.2. The van der Waals surface area contributed by atoms with Crippen molar-refractivity contribution in [3.05, 3.63) is 35.9 Å². The molecular formula is C12H16O3. The average Bonchev–Trinajstić information content (AvgIpc) is 2.30. The smallest absolute Gasteiger partial charge is 0.306 e. The highest BCUT2D eigenvalue weighted by Gasteiger charge is 2.29. The summed E-state index contributed by atoms with van der Waals surface area (Å²) < 4.78 is 4.62. The van der Waals surface area contributed by atoms with Crippen molar-refractivity contribution in [1.29, 1.82) is 0 Å². The number of aliphatic hydroxyl groups excluding tert-OH is 1. The first-order valence-electron chi connectivity index (χ1n) is 4.85. The number of esters is 1. The lowest BCUT2D eigenvalue weighted by Crippen LogP contribution is -2.30. The second-order valence-electron chi connectivity index (χ2n) is 3.84. The predicted molar refractivity (Wildman–Crippen MR) is 57.5 cm³/mol. The van der Waals surface area contributed by atoms with Gasteiger partial charge in [0.2, 0.25) is 0 Å². The third-order valence-corrected chi connectivity index (χ3v) is 2.58. The Labute approximate surface area is 89.7 Å². The number of benzene rings is 1. The third-order valence-electron chi connectivity index (χ3n) is 2.58. The molecule has 3 heteroatoms. The molecule has 0 heterocycles. The number of hydrogen-bond acceptors (Lipinski definition) is 3. The summed E-state index contributed by atoms with van der Waals surface area (Å²) in [4.78, 5) is 11.2. The van der Waals surface area contributed by atoms with Crippen LogP contribution in [0.15, 0.2) is 30.3 Å².